The third kappa shape index (κ3) is 6.15. The number of halogens is 2. The summed E-state index contributed by atoms with van der Waals surface area (Å²) in [6.07, 6.45) is 0. The van der Waals surface area contributed by atoms with Gasteiger partial charge in [-0.3, -0.25) is 14.5 Å². The molecule has 21 heavy (non-hydrogen) atoms. The number of esters is 1. The standard InChI is InChI=1S/C14H18Br2N2O3/c1-9(14(20)21-3)7-18(2)8-13(19)17-12-5-4-10(15)6-11(12)16/h4-6,9H,7-8H2,1-3H3,(H,17,19). The van der Waals surface area contributed by atoms with Crippen LogP contribution >= 0.6 is 31.9 Å². The van der Waals surface area contributed by atoms with Crippen molar-refractivity contribution in [3.8, 4) is 0 Å². The zero-order valence-corrected chi connectivity index (χ0v) is 15.3. The van der Waals surface area contributed by atoms with Gasteiger partial charge in [-0.05, 0) is 41.2 Å². The van der Waals surface area contributed by atoms with Crippen molar-refractivity contribution in [1.82, 2.24) is 4.90 Å². The van der Waals surface area contributed by atoms with Gasteiger partial charge in [0.1, 0.15) is 0 Å². The fourth-order valence-corrected chi connectivity index (χ4v) is 2.98. The van der Waals surface area contributed by atoms with Crippen LogP contribution in [0, 0.1) is 5.92 Å². The van der Waals surface area contributed by atoms with Gasteiger partial charge in [-0.2, -0.15) is 0 Å². The summed E-state index contributed by atoms with van der Waals surface area (Å²) in [5.74, 6) is -0.692. The number of methoxy groups -OCH3 is 1. The van der Waals surface area contributed by atoms with Gasteiger partial charge in [0, 0.05) is 15.5 Å². The van der Waals surface area contributed by atoms with E-state index in [1.165, 1.54) is 7.11 Å². The van der Waals surface area contributed by atoms with Crippen molar-refractivity contribution < 1.29 is 14.3 Å². The largest absolute Gasteiger partial charge is 0.469 e. The highest BCUT2D eigenvalue weighted by Gasteiger charge is 2.17. The molecule has 0 aliphatic carbocycles. The summed E-state index contributed by atoms with van der Waals surface area (Å²) in [6.45, 7) is 2.43. The number of rotatable bonds is 6. The second-order valence-electron chi connectivity index (χ2n) is 4.79. The Bertz CT molecular complexity index is 523. The Balaban J connectivity index is 2.51. The molecule has 0 aromatic heterocycles. The van der Waals surface area contributed by atoms with Gasteiger partial charge in [-0.1, -0.05) is 22.9 Å². The zero-order chi connectivity index (χ0) is 16.0. The van der Waals surface area contributed by atoms with Crippen LogP contribution in [0.4, 0.5) is 5.69 Å². The Morgan fingerprint density at radius 1 is 1.38 bits per heavy atom. The molecule has 116 valence electrons. The lowest BCUT2D eigenvalue weighted by molar-refractivity contribution is -0.145. The molecule has 0 bridgehead atoms. The number of nitrogens with one attached hydrogen (secondary N) is 1. The molecule has 1 rings (SSSR count). The van der Waals surface area contributed by atoms with Crippen molar-refractivity contribution in [1.29, 1.82) is 0 Å². The molecule has 0 heterocycles. The molecular formula is C14H18Br2N2O3. The van der Waals surface area contributed by atoms with Gasteiger partial charge in [0.25, 0.3) is 0 Å². The van der Waals surface area contributed by atoms with Gasteiger partial charge in [0.15, 0.2) is 0 Å². The predicted molar refractivity (Wildman–Crippen MR) is 89.1 cm³/mol. The number of ether oxygens (including phenoxy) is 1. The molecule has 0 saturated heterocycles. The summed E-state index contributed by atoms with van der Waals surface area (Å²) in [5.41, 5.74) is 0.706. The molecule has 1 aromatic carbocycles. The zero-order valence-electron chi connectivity index (χ0n) is 12.2. The summed E-state index contributed by atoms with van der Waals surface area (Å²) >= 11 is 6.75. The number of nitrogens with zero attached hydrogens (tertiary/aromatic N) is 1. The lowest BCUT2D eigenvalue weighted by Crippen LogP contribution is -2.35. The van der Waals surface area contributed by atoms with E-state index < -0.39 is 0 Å². The van der Waals surface area contributed by atoms with Crippen LogP contribution in [0.1, 0.15) is 6.92 Å². The van der Waals surface area contributed by atoms with Gasteiger partial charge in [0.2, 0.25) is 5.91 Å². The first-order chi connectivity index (χ1) is 9.83. The Morgan fingerprint density at radius 2 is 2.05 bits per heavy atom. The Morgan fingerprint density at radius 3 is 2.62 bits per heavy atom. The van der Waals surface area contributed by atoms with E-state index in [0.29, 0.717) is 12.2 Å². The van der Waals surface area contributed by atoms with E-state index in [1.807, 2.05) is 18.2 Å². The third-order valence-corrected chi connectivity index (χ3v) is 3.96. The minimum absolute atomic E-state index is 0.141. The van der Waals surface area contributed by atoms with Gasteiger partial charge in [0.05, 0.1) is 25.3 Å². The van der Waals surface area contributed by atoms with E-state index in [-0.39, 0.29) is 24.3 Å². The number of benzene rings is 1. The SMILES string of the molecule is COC(=O)C(C)CN(C)CC(=O)Nc1ccc(Br)cc1Br. The average Bonchev–Trinajstić information content (AvgIpc) is 2.40. The first kappa shape index (κ1) is 18.1. The summed E-state index contributed by atoms with van der Waals surface area (Å²) in [7, 11) is 3.15. The summed E-state index contributed by atoms with van der Waals surface area (Å²) < 4.78 is 6.39. The molecule has 0 aliphatic rings. The second kappa shape index (κ2) is 8.51. The number of hydrogen-bond acceptors (Lipinski definition) is 4. The van der Waals surface area contributed by atoms with Crippen LogP contribution in [-0.2, 0) is 14.3 Å². The van der Waals surface area contributed by atoms with E-state index in [4.69, 9.17) is 0 Å². The lowest BCUT2D eigenvalue weighted by atomic mass is 10.2. The highest BCUT2D eigenvalue weighted by Crippen LogP contribution is 2.26. The van der Waals surface area contributed by atoms with Crippen molar-refractivity contribution in [3.05, 3.63) is 27.1 Å². The molecule has 7 heteroatoms. The van der Waals surface area contributed by atoms with Gasteiger partial charge >= 0.3 is 5.97 Å². The van der Waals surface area contributed by atoms with E-state index >= 15 is 0 Å². The fraction of sp³-hybridized carbons (Fsp3) is 0.429. The van der Waals surface area contributed by atoms with E-state index in [1.54, 1.807) is 18.9 Å². The van der Waals surface area contributed by atoms with E-state index in [9.17, 15) is 9.59 Å². The Labute approximate surface area is 141 Å². The molecule has 5 nitrogen and oxygen atoms in total. The quantitative estimate of drug-likeness (QED) is 0.717. The second-order valence-corrected chi connectivity index (χ2v) is 6.56. The number of carbonyl (C=O) groups is 2. The highest BCUT2D eigenvalue weighted by molar-refractivity contribution is 9.11. The molecule has 0 saturated carbocycles. The number of anilines is 1. The topological polar surface area (TPSA) is 58.6 Å². The lowest BCUT2D eigenvalue weighted by Gasteiger charge is -2.19. The molecule has 1 N–H and O–H groups in total. The molecule has 0 fully saturated rings. The minimum Gasteiger partial charge on any atom is -0.469 e. The fourth-order valence-electron chi connectivity index (χ4n) is 1.83. The smallest absolute Gasteiger partial charge is 0.309 e. The monoisotopic (exact) mass is 420 g/mol. The summed E-state index contributed by atoms with van der Waals surface area (Å²) in [6, 6.07) is 5.52. The molecule has 1 aromatic rings. The number of carbonyl (C=O) groups excluding carboxylic acids is 2. The van der Waals surface area contributed by atoms with Crippen molar-refractivity contribution in [2.24, 2.45) is 5.92 Å². The Hall–Kier alpha value is -0.920. The maximum atomic E-state index is 12.0. The molecule has 0 spiro atoms. The molecule has 0 radical (unpaired) electrons. The first-order valence-corrected chi connectivity index (χ1v) is 7.93. The van der Waals surface area contributed by atoms with Crippen molar-refractivity contribution in [3.63, 3.8) is 0 Å². The molecular weight excluding hydrogens is 404 g/mol. The van der Waals surface area contributed by atoms with Crippen LogP contribution in [-0.4, -0.2) is 44.0 Å². The predicted octanol–water partition coefficient (Wildman–Crippen LogP) is 2.89. The summed E-state index contributed by atoms with van der Waals surface area (Å²) in [4.78, 5) is 25.1. The van der Waals surface area contributed by atoms with Crippen molar-refractivity contribution in [2.75, 3.05) is 32.6 Å². The molecule has 0 aliphatic heterocycles. The van der Waals surface area contributed by atoms with Crippen LogP contribution in [0.3, 0.4) is 0 Å². The number of hydrogen-bond donors (Lipinski definition) is 1. The third-order valence-electron chi connectivity index (χ3n) is 2.81. The van der Waals surface area contributed by atoms with Gasteiger partial charge in [-0.15, -0.1) is 0 Å². The van der Waals surface area contributed by atoms with Crippen LogP contribution in [0.25, 0.3) is 0 Å². The van der Waals surface area contributed by atoms with Crippen molar-refractivity contribution >= 4 is 49.4 Å². The Kier molecular flexibility index (Phi) is 7.34. The minimum atomic E-state index is -0.280. The van der Waals surface area contributed by atoms with Crippen LogP contribution in [0.5, 0.6) is 0 Å². The van der Waals surface area contributed by atoms with Crippen LogP contribution in [0.2, 0.25) is 0 Å². The van der Waals surface area contributed by atoms with Crippen LogP contribution in [0.15, 0.2) is 27.1 Å². The molecule has 1 atom stereocenters. The highest BCUT2D eigenvalue weighted by atomic mass is 79.9. The molecule has 1 unspecified atom stereocenters. The maximum Gasteiger partial charge on any atom is 0.309 e. The van der Waals surface area contributed by atoms with Crippen LogP contribution < -0.4 is 5.32 Å². The normalized spacial score (nSPS) is 12.1. The van der Waals surface area contributed by atoms with Gasteiger partial charge in [-0.25, -0.2) is 0 Å². The molecule has 1 amide bonds. The average molecular weight is 422 g/mol. The maximum absolute atomic E-state index is 12.0. The van der Waals surface area contributed by atoms with Gasteiger partial charge < -0.3 is 10.1 Å². The van der Waals surface area contributed by atoms with E-state index in [0.717, 1.165) is 8.95 Å². The van der Waals surface area contributed by atoms with Crippen molar-refractivity contribution in [2.45, 2.75) is 6.92 Å². The number of likely N-dealkylation sites (N-methyl/N-ethyl adjacent to an activating group) is 1. The number of amides is 1. The van der Waals surface area contributed by atoms with E-state index in [2.05, 4.69) is 41.9 Å². The summed E-state index contributed by atoms with van der Waals surface area (Å²) in [5, 5.41) is 2.82. The first-order valence-electron chi connectivity index (χ1n) is 6.34.